The van der Waals surface area contributed by atoms with Crippen LogP contribution in [0.3, 0.4) is 0 Å². The molecule has 1 N–H and O–H groups in total. The van der Waals surface area contributed by atoms with Gasteiger partial charge in [-0.3, -0.25) is 0 Å². The van der Waals surface area contributed by atoms with E-state index in [1.807, 2.05) is 32.8 Å². The highest BCUT2D eigenvalue weighted by molar-refractivity contribution is 9.10. The molecule has 0 saturated heterocycles. The van der Waals surface area contributed by atoms with Gasteiger partial charge in [-0.25, -0.2) is 4.39 Å². The zero-order chi connectivity index (χ0) is 14.1. The van der Waals surface area contributed by atoms with Gasteiger partial charge in [0.2, 0.25) is 0 Å². The molecule has 0 fully saturated rings. The Kier molecular flexibility index (Phi) is 5.18. The van der Waals surface area contributed by atoms with Crippen LogP contribution in [0.25, 0.3) is 0 Å². The molecule has 2 atom stereocenters. The van der Waals surface area contributed by atoms with Gasteiger partial charge in [0, 0.05) is 15.6 Å². The molecule has 5 heteroatoms. The highest BCUT2D eigenvalue weighted by atomic mass is 79.9. The standard InChI is InChI=1S/C13H18BrClFNO/c1-5-13(2,17(3)4)12(18)8-6-7-9(14)10(15)11(8)16/h6-7,12,18H,5H2,1-4H3. The van der Waals surface area contributed by atoms with E-state index in [4.69, 9.17) is 11.6 Å². The third-order valence-electron chi connectivity index (χ3n) is 3.69. The fourth-order valence-corrected chi connectivity index (χ4v) is 2.32. The van der Waals surface area contributed by atoms with Crippen LogP contribution in [-0.2, 0) is 0 Å². The molecule has 1 aromatic carbocycles. The van der Waals surface area contributed by atoms with Gasteiger partial charge < -0.3 is 10.0 Å². The summed E-state index contributed by atoms with van der Waals surface area (Å²) < 4.78 is 14.6. The van der Waals surface area contributed by atoms with Gasteiger partial charge in [0.15, 0.2) is 0 Å². The van der Waals surface area contributed by atoms with Crippen LogP contribution in [-0.4, -0.2) is 29.6 Å². The maximum absolute atomic E-state index is 14.1. The normalized spacial score (nSPS) is 16.7. The quantitative estimate of drug-likeness (QED) is 0.839. The Bertz CT molecular complexity index is 441. The summed E-state index contributed by atoms with van der Waals surface area (Å²) in [6.45, 7) is 3.86. The number of likely N-dealkylation sites (N-methyl/N-ethyl adjacent to an activating group) is 1. The Labute approximate surface area is 121 Å². The summed E-state index contributed by atoms with van der Waals surface area (Å²) in [4.78, 5) is 1.90. The summed E-state index contributed by atoms with van der Waals surface area (Å²) in [6.07, 6.45) is -0.253. The van der Waals surface area contributed by atoms with Gasteiger partial charge >= 0.3 is 0 Å². The van der Waals surface area contributed by atoms with Crippen molar-refractivity contribution in [3.63, 3.8) is 0 Å². The van der Waals surface area contributed by atoms with E-state index in [1.54, 1.807) is 12.1 Å². The molecule has 0 aliphatic heterocycles. The predicted molar refractivity (Wildman–Crippen MR) is 76.5 cm³/mol. The second-order valence-electron chi connectivity index (χ2n) is 4.77. The number of halogens is 3. The minimum Gasteiger partial charge on any atom is -0.386 e. The van der Waals surface area contributed by atoms with Crippen LogP contribution >= 0.6 is 27.5 Å². The summed E-state index contributed by atoms with van der Waals surface area (Å²) in [5.41, 5.74) is -0.320. The SMILES string of the molecule is CCC(C)(C(O)c1ccc(Br)c(Cl)c1F)N(C)C. The topological polar surface area (TPSA) is 23.5 Å². The molecule has 0 radical (unpaired) electrons. The van der Waals surface area contributed by atoms with Gasteiger partial charge in [-0.1, -0.05) is 24.6 Å². The van der Waals surface area contributed by atoms with Gasteiger partial charge in [-0.2, -0.15) is 0 Å². The summed E-state index contributed by atoms with van der Waals surface area (Å²) in [5, 5.41) is 10.5. The molecule has 0 spiro atoms. The van der Waals surface area contributed by atoms with Crippen molar-refractivity contribution in [3.05, 3.63) is 33.0 Å². The summed E-state index contributed by atoms with van der Waals surface area (Å²) in [5.74, 6) is -0.569. The largest absolute Gasteiger partial charge is 0.386 e. The van der Waals surface area contributed by atoms with Gasteiger partial charge in [0.1, 0.15) is 5.82 Å². The van der Waals surface area contributed by atoms with Gasteiger partial charge in [0.05, 0.1) is 11.1 Å². The minimum atomic E-state index is -0.942. The fourth-order valence-electron chi connectivity index (χ4n) is 1.84. The monoisotopic (exact) mass is 337 g/mol. The van der Waals surface area contributed by atoms with E-state index in [0.717, 1.165) is 0 Å². The lowest BCUT2D eigenvalue weighted by atomic mass is 9.85. The van der Waals surface area contributed by atoms with Crippen molar-refractivity contribution >= 4 is 27.5 Å². The molecule has 0 amide bonds. The van der Waals surface area contributed by atoms with E-state index in [0.29, 0.717) is 10.9 Å². The molecule has 0 heterocycles. The molecule has 0 aliphatic carbocycles. The Morgan fingerprint density at radius 1 is 1.50 bits per heavy atom. The van der Waals surface area contributed by atoms with E-state index in [1.165, 1.54) is 0 Å². The molecule has 0 aliphatic rings. The van der Waals surface area contributed by atoms with E-state index in [-0.39, 0.29) is 10.6 Å². The van der Waals surface area contributed by atoms with E-state index >= 15 is 0 Å². The Balaban J connectivity index is 3.26. The second kappa shape index (κ2) is 5.87. The maximum Gasteiger partial charge on any atom is 0.148 e. The number of nitrogens with zero attached hydrogens (tertiary/aromatic N) is 1. The van der Waals surface area contributed by atoms with Crippen LogP contribution in [0.2, 0.25) is 5.02 Å². The molecule has 2 unspecified atom stereocenters. The number of aliphatic hydroxyl groups is 1. The number of aliphatic hydroxyl groups excluding tert-OH is 1. The number of hydrogen-bond donors (Lipinski definition) is 1. The number of hydrogen-bond acceptors (Lipinski definition) is 2. The van der Waals surface area contributed by atoms with E-state index < -0.39 is 17.5 Å². The van der Waals surface area contributed by atoms with Crippen molar-refractivity contribution in [2.75, 3.05) is 14.1 Å². The van der Waals surface area contributed by atoms with Gasteiger partial charge in [-0.15, -0.1) is 0 Å². The van der Waals surface area contributed by atoms with Crippen LogP contribution in [0.5, 0.6) is 0 Å². The first-order chi connectivity index (χ1) is 8.25. The van der Waals surface area contributed by atoms with Gasteiger partial charge in [0.25, 0.3) is 0 Å². The molecule has 0 aromatic heterocycles. The highest BCUT2D eigenvalue weighted by Gasteiger charge is 2.36. The molecular weight excluding hydrogens is 321 g/mol. The Morgan fingerprint density at radius 3 is 2.50 bits per heavy atom. The molecule has 1 rings (SSSR count). The molecule has 102 valence electrons. The fraction of sp³-hybridized carbons (Fsp3) is 0.538. The highest BCUT2D eigenvalue weighted by Crippen LogP contribution is 2.37. The maximum atomic E-state index is 14.1. The third kappa shape index (κ3) is 2.72. The zero-order valence-electron chi connectivity index (χ0n) is 11.0. The number of rotatable bonds is 4. The first-order valence-electron chi connectivity index (χ1n) is 5.74. The first-order valence-corrected chi connectivity index (χ1v) is 6.91. The van der Waals surface area contributed by atoms with E-state index in [9.17, 15) is 9.50 Å². The predicted octanol–water partition coefficient (Wildman–Crippen LogP) is 4.01. The van der Waals surface area contributed by atoms with Crippen LogP contribution in [0.15, 0.2) is 16.6 Å². The minimum absolute atomic E-state index is 0.00348. The molecule has 1 aromatic rings. The molecule has 0 saturated carbocycles. The second-order valence-corrected chi connectivity index (χ2v) is 6.00. The van der Waals surface area contributed by atoms with E-state index in [2.05, 4.69) is 15.9 Å². The van der Waals surface area contributed by atoms with Crippen LogP contribution < -0.4 is 0 Å². The average molecular weight is 339 g/mol. The molecule has 0 bridgehead atoms. The van der Waals surface area contributed by atoms with Crippen molar-refractivity contribution in [1.29, 1.82) is 0 Å². The number of benzene rings is 1. The summed E-state index contributed by atoms with van der Waals surface area (Å²) >= 11 is 9.01. The van der Waals surface area contributed by atoms with Crippen molar-refractivity contribution < 1.29 is 9.50 Å². The van der Waals surface area contributed by atoms with Crippen molar-refractivity contribution in [2.24, 2.45) is 0 Å². The zero-order valence-corrected chi connectivity index (χ0v) is 13.3. The van der Waals surface area contributed by atoms with Crippen molar-refractivity contribution in [3.8, 4) is 0 Å². The Hall–Kier alpha value is -0.160. The summed E-state index contributed by atoms with van der Waals surface area (Å²) in [7, 11) is 3.73. The summed E-state index contributed by atoms with van der Waals surface area (Å²) in [6, 6.07) is 3.21. The lowest BCUT2D eigenvalue weighted by molar-refractivity contribution is -0.00117. The third-order valence-corrected chi connectivity index (χ3v) is 4.94. The Morgan fingerprint density at radius 2 is 2.06 bits per heavy atom. The smallest absolute Gasteiger partial charge is 0.148 e. The lowest BCUT2D eigenvalue weighted by Crippen LogP contribution is -2.46. The first kappa shape index (κ1) is 15.9. The van der Waals surface area contributed by atoms with Gasteiger partial charge in [-0.05, 0) is 49.4 Å². The van der Waals surface area contributed by atoms with Crippen molar-refractivity contribution in [2.45, 2.75) is 31.9 Å². The van der Waals surface area contributed by atoms with Crippen LogP contribution in [0, 0.1) is 5.82 Å². The van der Waals surface area contributed by atoms with Crippen LogP contribution in [0.1, 0.15) is 31.9 Å². The molecule has 2 nitrogen and oxygen atoms in total. The van der Waals surface area contributed by atoms with Crippen LogP contribution in [0.4, 0.5) is 4.39 Å². The molecular formula is C13H18BrClFNO. The lowest BCUT2D eigenvalue weighted by Gasteiger charge is -2.40. The average Bonchev–Trinajstić information content (AvgIpc) is 2.34. The van der Waals surface area contributed by atoms with Crippen molar-refractivity contribution in [1.82, 2.24) is 4.90 Å². The molecule has 18 heavy (non-hydrogen) atoms.